The highest BCUT2D eigenvalue weighted by atomic mass is 16.4. The van der Waals surface area contributed by atoms with Gasteiger partial charge in [-0.15, -0.1) is 0 Å². The second-order valence-electron chi connectivity index (χ2n) is 5.57. The fraction of sp³-hybridized carbons (Fsp3) is 0.571. The third-order valence-electron chi connectivity index (χ3n) is 2.85. The maximum absolute atomic E-state index is 11.7. The van der Waals surface area contributed by atoms with Crippen LogP contribution < -0.4 is 16.6 Å². The topological polar surface area (TPSA) is 101 Å². The number of carbonyl (C=O) groups is 2. The SMILES string of the molecule is Cc1cc(CN(C)CC(=O)NCC(C)C)oc1C(=O)NN. The van der Waals surface area contributed by atoms with E-state index in [0.717, 1.165) is 0 Å². The first-order chi connectivity index (χ1) is 9.83. The van der Waals surface area contributed by atoms with Gasteiger partial charge in [-0.1, -0.05) is 13.8 Å². The smallest absolute Gasteiger partial charge is 0.301 e. The van der Waals surface area contributed by atoms with Crippen molar-refractivity contribution in [2.75, 3.05) is 20.1 Å². The highest BCUT2D eigenvalue weighted by molar-refractivity contribution is 5.92. The Bertz CT molecular complexity index is 496. The summed E-state index contributed by atoms with van der Waals surface area (Å²) in [5.74, 6) is 5.83. The summed E-state index contributed by atoms with van der Waals surface area (Å²) in [6, 6.07) is 1.77. The molecule has 0 aliphatic heterocycles. The van der Waals surface area contributed by atoms with Crippen molar-refractivity contribution in [3.05, 3.63) is 23.2 Å². The van der Waals surface area contributed by atoms with Crippen molar-refractivity contribution >= 4 is 11.8 Å². The van der Waals surface area contributed by atoms with E-state index in [-0.39, 0.29) is 18.2 Å². The van der Waals surface area contributed by atoms with E-state index >= 15 is 0 Å². The van der Waals surface area contributed by atoms with E-state index in [1.54, 1.807) is 13.0 Å². The van der Waals surface area contributed by atoms with Crippen LogP contribution in [0.3, 0.4) is 0 Å². The van der Waals surface area contributed by atoms with Crippen LogP contribution in [-0.4, -0.2) is 36.9 Å². The molecule has 1 heterocycles. The van der Waals surface area contributed by atoms with Crippen molar-refractivity contribution < 1.29 is 14.0 Å². The van der Waals surface area contributed by atoms with Crippen molar-refractivity contribution in [1.29, 1.82) is 0 Å². The van der Waals surface area contributed by atoms with Crippen molar-refractivity contribution in [2.45, 2.75) is 27.3 Å². The molecular formula is C14H24N4O3. The normalized spacial score (nSPS) is 11.0. The first-order valence-corrected chi connectivity index (χ1v) is 6.89. The summed E-state index contributed by atoms with van der Waals surface area (Å²) in [6.45, 7) is 7.22. The zero-order valence-electron chi connectivity index (χ0n) is 13.0. The molecule has 0 spiro atoms. The number of carbonyl (C=O) groups excluding carboxylic acids is 2. The second kappa shape index (κ2) is 7.80. The molecule has 0 atom stereocenters. The van der Waals surface area contributed by atoms with Gasteiger partial charge in [-0.05, 0) is 26.0 Å². The number of likely N-dealkylation sites (N-methyl/N-ethyl adjacent to an activating group) is 1. The molecule has 1 rings (SSSR count). The molecule has 7 heteroatoms. The summed E-state index contributed by atoms with van der Waals surface area (Å²) in [4.78, 5) is 25.0. The predicted octanol–water partition coefficient (Wildman–Crippen LogP) is 0.396. The average Bonchev–Trinajstić information content (AvgIpc) is 2.76. The zero-order valence-corrected chi connectivity index (χ0v) is 13.0. The summed E-state index contributed by atoms with van der Waals surface area (Å²) in [7, 11) is 1.81. The van der Waals surface area contributed by atoms with Crippen LogP contribution in [0, 0.1) is 12.8 Å². The average molecular weight is 296 g/mol. The summed E-state index contributed by atoms with van der Waals surface area (Å²) >= 11 is 0. The van der Waals surface area contributed by atoms with Gasteiger partial charge in [-0.2, -0.15) is 0 Å². The molecule has 7 nitrogen and oxygen atoms in total. The van der Waals surface area contributed by atoms with Crippen molar-refractivity contribution in [1.82, 2.24) is 15.6 Å². The Morgan fingerprint density at radius 1 is 1.43 bits per heavy atom. The van der Waals surface area contributed by atoms with Crippen LogP contribution >= 0.6 is 0 Å². The Balaban J connectivity index is 2.53. The number of nitrogens with zero attached hydrogens (tertiary/aromatic N) is 1. The van der Waals surface area contributed by atoms with Crippen molar-refractivity contribution in [3.63, 3.8) is 0 Å². The summed E-state index contributed by atoms with van der Waals surface area (Å²) in [6.07, 6.45) is 0. The Morgan fingerprint density at radius 2 is 2.10 bits per heavy atom. The molecule has 0 saturated carbocycles. The number of nitrogen functional groups attached to an aromatic ring is 1. The lowest BCUT2D eigenvalue weighted by Crippen LogP contribution is -2.36. The van der Waals surface area contributed by atoms with Gasteiger partial charge in [-0.3, -0.25) is 19.9 Å². The van der Waals surface area contributed by atoms with Gasteiger partial charge in [0.15, 0.2) is 5.76 Å². The van der Waals surface area contributed by atoms with Gasteiger partial charge in [0.1, 0.15) is 5.76 Å². The molecule has 2 amide bonds. The van der Waals surface area contributed by atoms with Crippen LogP contribution in [0.5, 0.6) is 0 Å². The monoisotopic (exact) mass is 296 g/mol. The number of aryl methyl sites for hydroxylation is 1. The maximum atomic E-state index is 11.7. The number of furan rings is 1. The van der Waals surface area contributed by atoms with Crippen LogP contribution in [0.25, 0.3) is 0 Å². The minimum atomic E-state index is -0.462. The lowest BCUT2D eigenvalue weighted by atomic mass is 10.2. The number of amides is 2. The molecule has 0 aliphatic carbocycles. The third-order valence-corrected chi connectivity index (χ3v) is 2.85. The minimum absolute atomic E-state index is 0.0330. The minimum Gasteiger partial charge on any atom is -0.454 e. The molecule has 0 saturated heterocycles. The molecule has 0 aliphatic rings. The quantitative estimate of drug-likeness (QED) is 0.384. The van der Waals surface area contributed by atoms with Crippen molar-refractivity contribution in [3.8, 4) is 0 Å². The molecule has 0 bridgehead atoms. The van der Waals surface area contributed by atoms with Gasteiger partial charge in [0.2, 0.25) is 5.91 Å². The lowest BCUT2D eigenvalue weighted by molar-refractivity contribution is -0.122. The van der Waals surface area contributed by atoms with Crippen LogP contribution in [0.1, 0.15) is 35.7 Å². The maximum Gasteiger partial charge on any atom is 0.301 e. The van der Waals surface area contributed by atoms with Gasteiger partial charge >= 0.3 is 5.91 Å². The molecule has 0 aromatic carbocycles. The first kappa shape index (κ1) is 17.2. The van der Waals surface area contributed by atoms with Crippen LogP contribution in [0.2, 0.25) is 0 Å². The van der Waals surface area contributed by atoms with Gasteiger partial charge in [0.25, 0.3) is 0 Å². The van der Waals surface area contributed by atoms with Crippen LogP contribution in [0.15, 0.2) is 10.5 Å². The van der Waals surface area contributed by atoms with E-state index in [4.69, 9.17) is 10.3 Å². The fourth-order valence-corrected chi connectivity index (χ4v) is 1.86. The van der Waals surface area contributed by atoms with Gasteiger partial charge in [0, 0.05) is 12.1 Å². The Hall–Kier alpha value is -1.86. The summed E-state index contributed by atoms with van der Waals surface area (Å²) in [5, 5.41) is 2.85. The first-order valence-electron chi connectivity index (χ1n) is 6.89. The van der Waals surface area contributed by atoms with E-state index in [1.807, 2.05) is 31.2 Å². The number of nitrogens with two attached hydrogens (primary N) is 1. The molecular weight excluding hydrogens is 272 g/mol. The second-order valence-corrected chi connectivity index (χ2v) is 5.57. The number of rotatable bonds is 7. The van der Waals surface area contributed by atoms with E-state index in [1.165, 1.54) is 0 Å². The Morgan fingerprint density at radius 3 is 2.67 bits per heavy atom. The highest BCUT2D eigenvalue weighted by Gasteiger charge is 2.16. The van der Waals surface area contributed by atoms with Gasteiger partial charge in [0.05, 0.1) is 13.1 Å². The molecule has 0 fully saturated rings. The third kappa shape index (κ3) is 5.57. The highest BCUT2D eigenvalue weighted by Crippen LogP contribution is 2.15. The molecule has 118 valence electrons. The molecule has 0 radical (unpaired) electrons. The largest absolute Gasteiger partial charge is 0.454 e. The van der Waals surface area contributed by atoms with E-state index < -0.39 is 5.91 Å². The predicted molar refractivity (Wildman–Crippen MR) is 79.3 cm³/mol. The molecule has 1 aromatic rings. The Kier molecular flexibility index (Phi) is 6.39. The molecule has 4 N–H and O–H groups in total. The molecule has 21 heavy (non-hydrogen) atoms. The van der Waals surface area contributed by atoms with E-state index in [9.17, 15) is 9.59 Å². The lowest BCUT2D eigenvalue weighted by Gasteiger charge is -2.15. The molecule has 1 aromatic heterocycles. The number of hydrogen-bond donors (Lipinski definition) is 3. The standard InChI is InChI=1S/C14H24N4O3/c1-9(2)6-16-12(19)8-18(4)7-11-5-10(3)13(21-11)14(20)17-15/h5,9H,6-8,15H2,1-4H3,(H,16,19)(H,17,20). The zero-order chi connectivity index (χ0) is 16.0. The van der Waals surface area contributed by atoms with Crippen LogP contribution in [-0.2, 0) is 11.3 Å². The van der Waals surface area contributed by atoms with Crippen LogP contribution in [0.4, 0.5) is 0 Å². The summed E-state index contributed by atoms with van der Waals surface area (Å²) in [5.41, 5.74) is 2.75. The van der Waals surface area contributed by atoms with E-state index in [0.29, 0.717) is 30.3 Å². The van der Waals surface area contributed by atoms with Crippen molar-refractivity contribution in [2.24, 2.45) is 11.8 Å². The van der Waals surface area contributed by atoms with E-state index in [2.05, 4.69) is 5.32 Å². The molecule has 0 unspecified atom stereocenters. The summed E-state index contributed by atoms with van der Waals surface area (Å²) < 4.78 is 5.45. The number of nitrogens with one attached hydrogen (secondary N) is 2. The van der Waals surface area contributed by atoms with Gasteiger partial charge < -0.3 is 9.73 Å². The number of hydrogen-bond acceptors (Lipinski definition) is 5. The van der Waals surface area contributed by atoms with Gasteiger partial charge in [-0.25, -0.2) is 5.84 Å². The Labute approximate surface area is 124 Å². The number of hydrazine groups is 1. The fourth-order valence-electron chi connectivity index (χ4n) is 1.86.